The van der Waals surface area contributed by atoms with Crippen LogP contribution >= 0.6 is 27.3 Å². The monoisotopic (exact) mass is 392 g/mol. The van der Waals surface area contributed by atoms with Crippen LogP contribution in [0.15, 0.2) is 46.9 Å². The van der Waals surface area contributed by atoms with Gasteiger partial charge in [0.2, 0.25) is 0 Å². The van der Waals surface area contributed by atoms with Gasteiger partial charge in [-0.05, 0) is 42.5 Å². The lowest BCUT2D eigenvalue weighted by atomic mass is 10.3. The average Bonchev–Trinajstić information content (AvgIpc) is 2.94. The van der Waals surface area contributed by atoms with Crippen molar-refractivity contribution in [1.82, 2.24) is 4.98 Å². The Morgan fingerprint density at radius 1 is 1.22 bits per heavy atom. The Bertz CT molecular complexity index is 833. The maximum atomic E-state index is 11.9. The van der Waals surface area contributed by atoms with Gasteiger partial charge in [-0.25, -0.2) is 4.98 Å². The normalized spacial score (nSPS) is 10.5. The first-order valence-electron chi connectivity index (χ1n) is 6.77. The first kappa shape index (κ1) is 15.8. The number of carbonyl (C=O) groups is 1. The molecule has 0 atom stereocenters. The Morgan fingerprint density at radius 3 is 2.70 bits per heavy atom. The Labute approximate surface area is 145 Å². The number of methoxy groups -OCH3 is 1. The number of anilines is 1. The molecule has 23 heavy (non-hydrogen) atoms. The van der Waals surface area contributed by atoms with Crippen molar-refractivity contribution < 1.29 is 14.3 Å². The van der Waals surface area contributed by atoms with Gasteiger partial charge in [-0.3, -0.25) is 10.1 Å². The topological polar surface area (TPSA) is 60.5 Å². The molecule has 1 heterocycles. The molecule has 1 aromatic heterocycles. The van der Waals surface area contributed by atoms with Crippen LogP contribution in [-0.4, -0.2) is 24.6 Å². The molecule has 0 aliphatic carbocycles. The molecular weight excluding hydrogens is 380 g/mol. The Balaban J connectivity index is 1.59. The standard InChI is InChI=1S/C16H13BrN2O3S/c1-21-11-3-5-12(6-4-11)22-9-15(20)19-16-18-13-7-2-10(17)8-14(13)23-16/h2-8H,9H2,1H3,(H,18,19,20). The van der Waals surface area contributed by atoms with Crippen molar-refractivity contribution in [3.05, 3.63) is 46.9 Å². The largest absolute Gasteiger partial charge is 0.497 e. The number of hydrogen-bond acceptors (Lipinski definition) is 5. The molecular formula is C16H13BrN2O3S. The summed E-state index contributed by atoms with van der Waals surface area (Å²) in [5.74, 6) is 1.09. The molecule has 2 aromatic carbocycles. The van der Waals surface area contributed by atoms with Crippen molar-refractivity contribution in [3.63, 3.8) is 0 Å². The summed E-state index contributed by atoms with van der Waals surface area (Å²) in [6.45, 7) is -0.0774. The number of benzene rings is 2. The van der Waals surface area contributed by atoms with E-state index < -0.39 is 0 Å². The highest BCUT2D eigenvalue weighted by Crippen LogP contribution is 2.28. The number of thiazole rings is 1. The van der Waals surface area contributed by atoms with Gasteiger partial charge >= 0.3 is 0 Å². The third-order valence-corrected chi connectivity index (χ3v) is 4.45. The first-order valence-corrected chi connectivity index (χ1v) is 8.38. The minimum absolute atomic E-state index is 0.0774. The van der Waals surface area contributed by atoms with Crippen molar-refractivity contribution in [2.75, 3.05) is 19.0 Å². The van der Waals surface area contributed by atoms with Crippen molar-refractivity contribution in [2.24, 2.45) is 0 Å². The second-order valence-corrected chi connectivity index (χ2v) is 6.59. The number of rotatable bonds is 5. The first-order chi connectivity index (χ1) is 11.1. The number of hydrogen-bond donors (Lipinski definition) is 1. The van der Waals surface area contributed by atoms with Gasteiger partial charge in [0, 0.05) is 4.47 Å². The van der Waals surface area contributed by atoms with E-state index in [-0.39, 0.29) is 12.5 Å². The maximum Gasteiger partial charge on any atom is 0.264 e. The lowest BCUT2D eigenvalue weighted by molar-refractivity contribution is -0.118. The fraction of sp³-hybridized carbons (Fsp3) is 0.125. The van der Waals surface area contributed by atoms with E-state index in [1.54, 1.807) is 31.4 Å². The summed E-state index contributed by atoms with van der Waals surface area (Å²) in [6, 6.07) is 12.8. The van der Waals surface area contributed by atoms with Crippen LogP contribution in [0.1, 0.15) is 0 Å². The van der Waals surface area contributed by atoms with Crippen LogP contribution in [0.3, 0.4) is 0 Å². The average molecular weight is 393 g/mol. The Hall–Kier alpha value is -2.12. The smallest absolute Gasteiger partial charge is 0.264 e. The lowest BCUT2D eigenvalue weighted by Crippen LogP contribution is -2.19. The van der Waals surface area contributed by atoms with E-state index in [1.807, 2.05) is 18.2 Å². The molecule has 0 unspecified atom stereocenters. The van der Waals surface area contributed by atoms with Gasteiger partial charge < -0.3 is 9.47 Å². The lowest BCUT2D eigenvalue weighted by Gasteiger charge is -2.06. The zero-order valence-corrected chi connectivity index (χ0v) is 14.6. The molecule has 0 saturated carbocycles. The fourth-order valence-electron chi connectivity index (χ4n) is 1.93. The molecule has 0 radical (unpaired) electrons. The van der Waals surface area contributed by atoms with Crippen LogP contribution in [0.2, 0.25) is 0 Å². The Morgan fingerprint density at radius 2 is 1.96 bits per heavy atom. The quantitative estimate of drug-likeness (QED) is 0.710. The molecule has 3 rings (SSSR count). The summed E-state index contributed by atoms with van der Waals surface area (Å²) < 4.78 is 12.5. The molecule has 0 bridgehead atoms. The van der Waals surface area contributed by atoms with Crippen LogP contribution in [0.4, 0.5) is 5.13 Å². The molecule has 5 nitrogen and oxygen atoms in total. The molecule has 1 amide bonds. The summed E-state index contributed by atoms with van der Waals surface area (Å²) in [5, 5.41) is 3.30. The minimum atomic E-state index is -0.251. The number of nitrogens with zero attached hydrogens (tertiary/aromatic N) is 1. The SMILES string of the molecule is COc1ccc(OCC(=O)Nc2nc3ccc(Br)cc3s2)cc1. The van der Waals surface area contributed by atoms with E-state index in [2.05, 4.69) is 26.2 Å². The van der Waals surface area contributed by atoms with Crippen LogP contribution in [0.5, 0.6) is 11.5 Å². The molecule has 0 aliphatic rings. The van der Waals surface area contributed by atoms with Crippen molar-refractivity contribution in [1.29, 1.82) is 0 Å². The van der Waals surface area contributed by atoms with E-state index in [9.17, 15) is 4.79 Å². The van der Waals surface area contributed by atoms with E-state index in [0.717, 1.165) is 20.4 Å². The number of nitrogens with one attached hydrogen (secondary N) is 1. The van der Waals surface area contributed by atoms with Crippen LogP contribution in [-0.2, 0) is 4.79 Å². The zero-order chi connectivity index (χ0) is 16.2. The number of aromatic nitrogens is 1. The predicted octanol–water partition coefficient (Wildman–Crippen LogP) is 4.08. The molecule has 3 aromatic rings. The summed E-state index contributed by atoms with van der Waals surface area (Å²) in [4.78, 5) is 16.3. The molecule has 0 saturated heterocycles. The van der Waals surface area contributed by atoms with E-state index >= 15 is 0 Å². The highest BCUT2D eigenvalue weighted by Gasteiger charge is 2.09. The highest BCUT2D eigenvalue weighted by atomic mass is 79.9. The second-order valence-electron chi connectivity index (χ2n) is 4.64. The van der Waals surface area contributed by atoms with Crippen molar-refractivity contribution >= 4 is 48.5 Å². The molecule has 7 heteroatoms. The number of carbonyl (C=O) groups excluding carboxylic acids is 1. The van der Waals surface area contributed by atoms with E-state index in [0.29, 0.717) is 10.9 Å². The van der Waals surface area contributed by atoms with Crippen molar-refractivity contribution in [2.45, 2.75) is 0 Å². The summed E-state index contributed by atoms with van der Waals surface area (Å²) in [5.41, 5.74) is 0.851. The third-order valence-electron chi connectivity index (χ3n) is 3.03. The van der Waals surface area contributed by atoms with Gasteiger partial charge in [0.1, 0.15) is 11.5 Å². The molecule has 1 N–H and O–H groups in total. The number of halogens is 1. The number of fused-ring (bicyclic) bond motifs is 1. The second kappa shape index (κ2) is 6.97. The van der Waals surface area contributed by atoms with Crippen LogP contribution in [0, 0.1) is 0 Å². The fourth-order valence-corrected chi connectivity index (χ4v) is 3.36. The van der Waals surface area contributed by atoms with Crippen molar-refractivity contribution in [3.8, 4) is 11.5 Å². The third kappa shape index (κ3) is 4.00. The Kier molecular flexibility index (Phi) is 4.78. The van der Waals surface area contributed by atoms with Gasteiger partial charge in [0.25, 0.3) is 5.91 Å². The number of amides is 1. The summed E-state index contributed by atoms with van der Waals surface area (Å²) in [7, 11) is 1.60. The van der Waals surface area contributed by atoms with Crippen LogP contribution < -0.4 is 14.8 Å². The van der Waals surface area contributed by atoms with E-state index in [1.165, 1.54) is 11.3 Å². The number of ether oxygens (including phenoxy) is 2. The minimum Gasteiger partial charge on any atom is -0.497 e. The van der Waals surface area contributed by atoms with Gasteiger partial charge in [-0.15, -0.1) is 0 Å². The van der Waals surface area contributed by atoms with Gasteiger partial charge in [0.05, 0.1) is 17.3 Å². The maximum absolute atomic E-state index is 11.9. The highest BCUT2D eigenvalue weighted by molar-refractivity contribution is 9.10. The van der Waals surface area contributed by atoms with Gasteiger partial charge in [-0.1, -0.05) is 27.3 Å². The van der Waals surface area contributed by atoms with Crippen LogP contribution in [0.25, 0.3) is 10.2 Å². The zero-order valence-electron chi connectivity index (χ0n) is 12.2. The van der Waals surface area contributed by atoms with Gasteiger partial charge in [-0.2, -0.15) is 0 Å². The predicted molar refractivity (Wildman–Crippen MR) is 94.4 cm³/mol. The summed E-state index contributed by atoms with van der Waals surface area (Å²) in [6.07, 6.45) is 0. The summed E-state index contributed by atoms with van der Waals surface area (Å²) >= 11 is 4.84. The molecule has 118 valence electrons. The molecule has 0 aliphatic heterocycles. The van der Waals surface area contributed by atoms with Gasteiger partial charge in [0.15, 0.2) is 11.7 Å². The molecule has 0 fully saturated rings. The van der Waals surface area contributed by atoms with E-state index in [4.69, 9.17) is 9.47 Å². The molecule has 0 spiro atoms.